The fraction of sp³-hybridized carbons (Fsp3) is 0.417. The van der Waals surface area contributed by atoms with E-state index in [0.717, 1.165) is 68.8 Å². The van der Waals surface area contributed by atoms with Crippen LogP contribution in [0.5, 0.6) is 0 Å². The number of nitrogens with zero attached hydrogens (tertiary/aromatic N) is 2. The highest BCUT2D eigenvalue weighted by atomic mass is 16.2. The van der Waals surface area contributed by atoms with Crippen LogP contribution >= 0.6 is 0 Å². The van der Waals surface area contributed by atoms with Crippen molar-refractivity contribution >= 4 is 17.5 Å². The van der Waals surface area contributed by atoms with Gasteiger partial charge >= 0.3 is 0 Å². The fourth-order valence-corrected chi connectivity index (χ4v) is 4.49. The second-order valence-corrected chi connectivity index (χ2v) is 8.22. The second-order valence-electron chi connectivity index (χ2n) is 8.22. The van der Waals surface area contributed by atoms with Crippen molar-refractivity contribution in [2.45, 2.75) is 32.7 Å². The molecule has 152 valence electrons. The van der Waals surface area contributed by atoms with Gasteiger partial charge in [0, 0.05) is 37.8 Å². The zero-order valence-electron chi connectivity index (χ0n) is 17.1. The van der Waals surface area contributed by atoms with Crippen LogP contribution < -0.4 is 5.32 Å². The van der Waals surface area contributed by atoms with Crippen LogP contribution in [0.3, 0.4) is 0 Å². The third-order valence-corrected chi connectivity index (χ3v) is 6.11. The number of nitrogens with one attached hydrogen (secondary N) is 1. The molecule has 2 amide bonds. The Balaban J connectivity index is 1.25. The normalized spacial score (nSPS) is 17.4. The Hall–Kier alpha value is -2.66. The zero-order chi connectivity index (χ0) is 20.2. The van der Waals surface area contributed by atoms with E-state index in [1.165, 1.54) is 5.56 Å². The van der Waals surface area contributed by atoms with Gasteiger partial charge in [-0.25, -0.2) is 0 Å². The predicted molar refractivity (Wildman–Crippen MR) is 115 cm³/mol. The van der Waals surface area contributed by atoms with Gasteiger partial charge in [0.05, 0.1) is 0 Å². The van der Waals surface area contributed by atoms with Gasteiger partial charge in [-0.15, -0.1) is 0 Å². The van der Waals surface area contributed by atoms with Gasteiger partial charge in [0.1, 0.15) is 0 Å². The fourth-order valence-electron chi connectivity index (χ4n) is 4.49. The van der Waals surface area contributed by atoms with Crippen molar-refractivity contribution in [1.82, 2.24) is 9.80 Å². The SMILES string of the molecule is CC(=O)Nc1ccccc1CCN1CCC(CN2Cc3ccccc3C2=O)CC1. The van der Waals surface area contributed by atoms with Gasteiger partial charge in [-0.2, -0.15) is 0 Å². The van der Waals surface area contributed by atoms with Crippen LogP contribution in [0.2, 0.25) is 0 Å². The third kappa shape index (κ3) is 4.67. The molecule has 0 radical (unpaired) electrons. The van der Waals surface area contributed by atoms with Crippen molar-refractivity contribution in [3.05, 3.63) is 65.2 Å². The molecule has 0 bridgehead atoms. The number of fused-ring (bicyclic) bond motifs is 1. The van der Waals surface area contributed by atoms with Crippen molar-refractivity contribution in [2.24, 2.45) is 5.92 Å². The number of carbonyl (C=O) groups excluding carboxylic acids is 2. The monoisotopic (exact) mass is 391 g/mol. The van der Waals surface area contributed by atoms with Gasteiger partial charge in [-0.3, -0.25) is 9.59 Å². The molecule has 0 aliphatic carbocycles. The minimum absolute atomic E-state index is 0.0307. The topological polar surface area (TPSA) is 52.7 Å². The molecule has 0 unspecified atom stereocenters. The van der Waals surface area contributed by atoms with Gasteiger partial charge < -0.3 is 15.1 Å². The Morgan fingerprint density at radius 3 is 2.55 bits per heavy atom. The van der Waals surface area contributed by atoms with Crippen LogP contribution in [0.1, 0.15) is 41.3 Å². The molecule has 2 aromatic rings. The van der Waals surface area contributed by atoms with E-state index in [2.05, 4.69) is 22.3 Å². The first-order valence-corrected chi connectivity index (χ1v) is 10.5. The predicted octanol–water partition coefficient (Wildman–Crippen LogP) is 3.56. The van der Waals surface area contributed by atoms with Crippen molar-refractivity contribution < 1.29 is 9.59 Å². The molecule has 2 heterocycles. The second kappa shape index (κ2) is 8.78. The summed E-state index contributed by atoms with van der Waals surface area (Å²) in [4.78, 5) is 28.5. The average molecular weight is 392 g/mol. The molecule has 1 fully saturated rings. The zero-order valence-corrected chi connectivity index (χ0v) is 17.1. The maximum atomic E-state index is 12.6. The molecule has 5 heteroatoms. The molecule has 0 spiro atoms. The Labute approximate surface area is 172 Å². The maximum absolute atomic E-state index is 12.6. The summed E-state index contributed by atoms with van der Waals surface area (Å²) in [5.41, 5.74) is 4.14. The van der Waals surface area contributed by atoms with E-state index in [9.17, 15) is 9.59 Å². The molecule has 0 atom stereocenters. The Bertz CT molecular complexity index is 887. The van der Waals surface area contributed by atoms with Crippen LogP contribution in [-0.2, 0) is 17.8 Å². The van der Waals surface area contributed by atoms with Crippen LogP contribution in [-0.4, -0.2) is 47.8 Å². The van der Waals surface area contributed by atoms with E-state index in [0.29, 0.717) is 5.92 Å². The maximum Gasteiger partial charge on any atom is 0.254 e. The third-order valence-electron chi connectivity index (χ3n) is 6.11. The molecule has 2 aliphatic heterocycles. The van der Waals surface area contributed by atoms with Crippen LogP contribution in [0.4, 0.5) is 5.69 Å². The average Bonchev–Trinajstić information content (AvgIpc) is 3.04. The number of rotatable bonds is 6. The Kier molecular flexibility index (Phi) is 5.95. The number of likely N-dealkylation sites (tertiary alicyclic amines) is 1. The largest absolute Gasteiger partial charge is 0.334 e. The summed E-state index contributed by atoms with van der Waals surface area (Å²) in [6, 6.07) is 16.0. The van der Waals surface area contributed by atoms with E-state index in [1.807, 2.05) is 41.3 Å². The quantitative estimate of drug-likeness (QED) is 0.819. The highest BCUT2D eigenvalue weighted by Crippen LogP contribution is 2.26. The van der Waals surface area contributed by atoms with Crippen LogP contribution in [0.25, 0.3) is 0 Å². The minimum atomic E-state index is -0.0307. The molecular formula is C24H29N3O2. The summed E-state index contributed by atoms with van der Waals surface area (Å²) in [5.74, 6) is 0.741. The summed E-state index contributed by atoms with van der Waals surface area (Å²) in [6.07, 6.45) is 3.20. The summed E-state index contributed by atoms with van der Waals surface area (Å²) in [7, 11) is 0. The Morgan fingerprint density at radius 2 is 1.79 bits per heavy atom. The van der Waals surface area contributed by atoms with E-state index in [4.69, 9.17) is 0 Å². The number of amides is 2. The number of anilines is 1. The molecule has 29 heavy (non-hydrogen) atoms. The lowest BCUT2D eigenvalue weighted by Gasteiger charge is -2.34. The summed E-state index contributed by atoms with van der Waals surface area (Å²) < 4.78 is 0. The van der Waals surface area contributed by atoms with E-state index in [-0.39, 0.29) is 11.8 Å². The van der Waals surface area contributed by atoms with Gasteiger partial charge in [-0.05, 0) is 61.5 Å². The number of hydrogen-bond donors (Lipinski definition) is 1. The molecular weight excluding hydrogens is 362 g/mol. The van der Waals surface area contributed by atoms with Gasteiger partial charge in [0.2, 0.25) is 5.91 Å². The molecule has 4 rings (SSSR count). The van der Waals surface area contributed by atoms with Crippen molar-refractivity contribution in [1.29, 1.82) is 0 Å². The van der Waals surface area contributed by atoms with E-state index < -0.39 is 0 Å². The first-order valence-electron chi connectivity index (χ1n) is 10.5. The highest BCUT2D eigenvalue weighted by molar-refractivity contribution is 5.98. The number of para-hydroxylation sites is 1. The molecule has 0 aromatic heterocycles. The van der Waals surface area contributed by atoms with Crippen LogP contribution in [0.15, 0.2) is 48.5 Å². The lowest BCUT2D eigenvalue weighted by molar-refractivity contribution is -0.114. The lowest BCUT2D eigenvalue weighted by Crippen LogP contribution is -2.39. The molecule has 1 N–H and O–H groups in total. The summed E-state index contributed by atoms with van der Waals surface area (Å²) in [5, 5.41) is 2.93. The van der Waals surface area contributed by atoms with E-state index in [1.54, 1.807) is 6.92 Å². The first-order chi connectivity index (χ1) is 14.1. The van der Waals surface area contributed by atoms with Crippen molar-refractivity contribution in [3.8, 4) is 0 Å². The number of hydrogen-bond acceptors (Lipinski definition) is 3. The van der Waals surface area contributed by atoms with E-state index >= 15 is 0 Å². The number of piperidine rings is 1. The summed E-state index contributed by atoms with van der Waals surface area (Å²) >= 11 is 0. The van der Waals surface area contributed by atoms with Crippen molar-refractivity contribution in [2.75, 3.05) is 31.5 Å². The number of benzene rings is 2. The van der Waals surface area contributed by atoms with Gasteiger partial charge in [0.25, 0.3) is 5.91 Å². The number of carbonyl (C=O) groups is 2. The standard InChI is InChI=1S/C24H29N3O2/c1-18(28)25-23-9-5-3-6-20(23)12-15-26-13-10-19(11-14-26)16-27-17-21-7-2-4-8-22(21)24(27)29/h2-9,19H,10-17H2,1H3,(H,25,28). The highest BCUT2D eigenvalue weighted by Gasteiger charge is 2.30. The molecule has 2 aliphatic rings. The summed E-state index contributed by atoms with van der Waals surface area (Å²) in [6.45, 7) is 6.31. The smallest absolute Gasteiger partial charge is 0.254 e. The Morgan fingerprint density at radius 1 is 1.07 bits per heavy atom. The van der Waals surface area contributed by atoms with Gasteiger partial charge in [-0.1, -0.05) is 36.4 Å². The lowest BCUT2D eigenvalue weighted by atomic mass is 9.95. The molecule has 2 aromatic carbocycles. The molecule has 0 saturated carbocycles. The van der Waals surface area contributed by atoms with Crippen molar-refractivity contribution in [3.63, 3.8) is 0 Å². The van der Waals surface area contributed by atoms with Crippen LogP contribution in [0, 0.1) is 5.92 Å². The molecule has 5 nitrogen and oxygen atoms in total. The molecule has 1 saturated heterocycles. The minimum Gasteiger partial charge on any atom is -0.334 e. The first kappa shape index (κ1) is 19.6. The van der Waals surface area contributed by atoms with Gasteiger partial charge in [0.15, 0.2) is 0 Å².